The molecule has 0 spiro atoms. The molecule has 1 N–H and O–H groups in total. The summed E-state index contributed by atoms with van der Waals surface area (Å²) in [4.78, 5) is 20.2. The third-order valence-electron chi connectivity index (χ3n) is 0.858. The summed E-state index contributed by atoms with van der Waals surface area (Å²) in [7, 11) is 0. The molecule has 0 unspecified atom stereocenters. The van der Waals surface area contributed by atoms with E-state index in [9.17, 15) is 9.59 Å². The maximum Gasteiger partial charge on any atom is 0.227 e. The number of carbonyl (C=O) groups excluding carboxylic acids is 2. The van der Waals surface area contributed by atoms with Crippen LogP contribution in [-0.4, -0.2) is 11.8 Å². The zero-order chi connectivity index (χ0) is 5.28. The number of hydrogen-bond acceptors (Lipinski definition) is 2. The zero-order valence-corrected chi connectivity index (χ0v) is 4.97. The second kappa shape index (κ2) is 2.84. The predicted octanol–water partition coefficient (Wildman–Crippen LogP) is -0.579. The third kappa shape index (κ3) is 1.64. The third-order valence-corrected chi connectivity index (χ3v) is 0.858. The molecule has 3 nitrogen and oxygen atoms in total. The Morgan fingerprint density at radius 1 is 1.12 bits per heavy atom. The molecule has 49 valence electrons. The van der Waals surface area contributed by atoms with Crippen LogP contribution in [0, 0.1) is 0 Å². The Morgan fingerprint density at radius 2 is 1.50 bits per heavy atom. The van der Waals surface area contributed by atoms with Crippen molar-refractivity contribution in [1.29, 1.82) is 0 Å². The van der Waals surface area contributed by atoms with Crippen molar-refractivity contribution in [3.63, 3.8) is 0 Å². The molecule has 0 aromatic rings. The number of carbonyl (C=O) groups is 2. The summed E-state index contributed by atoms with van der Waals surface area (Å²) in [6, 6.07) is 0. The van der Waals surface area contributed by atoms with Gasteiger partial charge in [0.1, 0.15) is 0 Å². The Kier molecular flexibility index (Phi) is 2.72. The molecule has 1 fully saturated rings. The molecule has 0 atom stereocenters. The van der Waals surface area contributed by atoms with Crippen molar-refractivity contribution in [2.45, 2.75) is 12.8 Å². The monoisotopic (exact) mass is 162 g/mol. The molecule has 0 aliphatic carbocycles. The summed E-state index contributed by atoms with van der Waals surface area (Å²) in [6.07, 6.45) is 0.748. The van der Waals surface area contributed by atoms with E-state index in [-0.39, 0.29) is 28.9 Å². The number of imide groups is 1. The van der Waals surface area contributed by atoms with Gasteiger partial charge in [-0.3, -0.25) is 14.9 Å². The maximum atomic E-state index is 10.1. The van der Waals surface area contributed by atoms with E-state index in [1.807, 2.05) is 0 Å². The van der Waals surface area contributed by atoms with Crippen LogP contribution in [0.15, 0.2) is 0 Å². The first-order valence-corrected chi connectivity index (χ1v) is 2.12. The van der Waals surface area contributed by atoms with E-state index in [1.54, 1.807) is 0 Å². The molecule has 0 saturated carbocycles. The fourth-order valence-electron chi connectivity index (χ4n) is 0.508. The van der Waals surface area contributed by atoms with Crippen LogP contribution in [-0.2, 0) is 26.7 Å². The molecule has 0 aromatic heterocycles. The summed E-state index contributed by atoms with van der Waals surface area (Å²) >= 11 is 0. The van der Waals surface area contributed by atoms with Gasteiger partial charge in [-0.15, -0.1) is 0 Å². The largest absolute Gasteiger partial charge is 0.296 e. The summed E-state index contributed by atoms with van der Waals surface area (Å²) in [5.74, 6) is -0.296. The molecule has 1 aliphatic heterocycles. The first kappa shape index (κ1) is 7.66. The second-order valence-electron chi connectivity index (χ2n) is 1.47. The molecule has 1 rings (SSSR count). The van der Waals surface area contributed by atoms with Gasteiger partial charge in [0.25, 0.3) is 0 Å². The van der Waals surface area contributed by atoms with E-state index in [2.05, 4.69) is 5.32 Å². The van der Waals surface area contributed by atoms with Crippen molar-refractivity contribution in [3.05, 3.63) is 0 Å². The molecule has 1 radical (unpaired) electrons. The molecular weight excluding hydrogens is 158 g/mol. The minimum Gasteiger partial charge on any atom is -0.296 e. The van der Waals surface area contributed by atoms with Crippen LogP contribution in [0.5, 0.6) is 0 Å². The first-order valence-electron chi connectivity index (χ1n) is 2.12. The Hall–Kier alpha value is -0.341. The predicted molar refractivity (Wildman–Crippen MR) is 22.4 cm³/mol. The quantitative estimate of drug-likeness (QED) is 0.383. The summed E-state index contributed by atoms with van der Waals surface area (Å²) < 4.78 is 0. The van der Waals surface area contributed by atoms with E-state index < -0.39 is 0 Å². The average molecular weight is 163 g/mol. The van der Waals surface area contributed by atoms with Crippen molar-refractivity contribution in [2.24, 2.45) is 0 Å². The van der Waals surface area contributed by atoms with E-state index in [4.69, 9.17) is 0 Å². The van der Waals surface area contributed by atoms with Gasteiger partial charge >= 0.3 is 0 Å². The van der Waals surface area contributed by atoms with Crippen LogP contribution < -0.4 is 5.32 Å². The number of rotatable bonds is 0. The van der Waals surface area contributed by atoms with Gasteiger partial charge in [-0.1, -0.05) is 0 Å². The topological polar surface area (TPSA) is 46.2 Å². The fourth-order valence-corrected chi connectivity index (χ4v) is 0.508. The van der Waals surface area contributed by atoms with Crippen LogP contribution in [0.25, 0.3) is 0 Å². The summed E-state index contributed by atoms with van der Waals surface area (Å²) in [5.41, 5.74) is 0. The van der Waals surface area contributed by atoms with Gasteiger partial charge in [0.15, 0.2) is 0 Å². The van der Waals surface area contributed by atoms with Gasteiger partial charge in [-0.2, -0.15) is 0 Å². The average Bonchev–Trinajstić information content (AvgIpc) is 1.87. The van der Waals surface area contributed by atoms with Crippen LogP contribution in [0.4, 0.5) is 0 Å². The van der Waals surface area contributed by atoms with E-state index >= 15 is 0 Å². The van der Waals surface area contributed by atoms with Crippen molar-refractivity contribution in [3.8, 4) is 0 Å². The van der Waals surface area contributed by atoms with Gasteiger partial charge in [0.2, 0.25) is 11.8 Å². The van der Waals surface area contributed by atoms with Gasteiger partial charge in [-0.05, 0) is 0 Å². The Morgan fingerprint density at radius 3 is 1.62 bits per heavy atom. The molecule has 4 heteroatoms. The van der Waals surface area contributed by atoms with Gasteiger partial charge in [0, 0.05) is 29.9 Å². The SMILES string of the molecule is O=C1CCC(=O)N1.[Cu]. The Bertz CT molecular complexity index is 109. The van der Waals surface area contributed by atoms with Crippen LogP contribution >= 0.6 is 0 Å². The van der Waals surface area contributed by atoms with Crippen molar-refractivity contribution in [1.82, 2.24) is 5.32 Å². The number of amides is 2. The van der Waals surface area contributed by atoms with Gasteiger partial charge in [-0.25, -0.2) is 0 Å². The molecule has 1 heterocycles. The molecule has 0 aromatic carbocycles. The Labute approximate surface area is 57.3 Å². The van der Waals surface area contributed by atoms with Crippen LogP contribution in [0.1, 0.15) is 12.8 Å². The first-order chi connectivity index (χ1) is 3.29. The molecule has 1 aliphatic rings. The normalized spacial score (nSPS) is 17.5. The molecule has 0 bridgehead atoms. The van der Waals surface area contributed by atoms with E-state index in [1.165, 1.54) is 0 Å². The molecular formula is C4H5CuNO2. The molecule has 2 amide bonds. The second-order valence-corrected chi connectivity index (χ2v) is 1.47. The fraction of sp³-hybridized carbons (Fsp3) is 0.500. The van der Waals surface area contributed by atoms with E-state index in [0.717, 1.165) is 0 Å². The van der Waals surface area contributed by atoms with Gasteiger partial charge in [0.05, 0.1) is 0 Å². The minimum atomic E-state index is -0.148. The molecule has 8 heavy (non-hydrogen) atoms. The van der Waals surface area contributed by atoms with E-state index in [0.29, 0.717) is 12.8 Å². The smallest absolute Gasteiger partial charge is 0.227 e. The minimum absolute atomic E-state index is 0. The van der Waals surface area contributed by atoms with Crippen LogP contribution in [0.3, 0.4) is 0 Å². The Balaban J connectivity index is 0.000000490. The zero-order valence-electron chi connectivity index (χ0n) is 4.03. The number of hydrogen-bond donors (Lipinski definition) is 1. The molecule has 1 saturated heterocycles. The summed E-state index contributed by atoms with van der Waals surface area (Å²) in [5, 5.41) is 2.14. The van der Waals surface area contributed by atoms with Crippen molar-refractivity contribution in [2.75, 3.05) is 0 Å². The van der Waals surface area contributed by atoms with Gasteiger partial charge < -0.3 is 0 Å². The van der Waals surface area contributed by atoms with Crippen LogP contribution in [0.2, 0.25) is 0 Å². The maximum absolute atomic E-state index is 10.1. The number of nitrogens with one attached hydrogen (secondary N) is 1. The summed E-state index contributed by atoms with van der Waals surface area (Å²) in [6.45, 7) is 0. The van der Waals surface area contributed by atoms with Crippen molar-refractivity contribution < 1.29 is 26.7 Å². The van der Waals surface area contributed by atoms with Crippen molar-refractivity contribution >= 4 is 11.8 Å². The standard InChI is InChI=1S/C4H5NO2.Cu/c6-3-1-2-4(7)5-3;/h1-2H2,(H,5,6,7);.